The van der Waals surface area contributed by atoms with Gasteiger partial charge in [-0.15, -0.1) is 0 Å². The van der Waals surface area contributed by atoms with Crippen molar-refractivity contribution in [1.82, 2.24) is 10.4 Å². The molecule has 184 valence electrons. The molecule has 1 aromatic heterocycles. The van der Waals surface area contributed by atoms with Crippen LogP contribution in [0.15, 0.2) is 34.8 Å². The normalized spacial score (nSPS) is 16.0. The van der Waals surface area contributed by atoms with E-state index in [1.54, 1.807) is 19.1 Å². The van der Waals surface area contributed by atoms with Crippen molar-refractivity contribution in [3.05, 3.63) is 41.2 Å². The van der Waals surface area contributed by atoms with Crippen LogP contribution in [0.2, 0.25) is 0 Å². The summed E-state index contributed by atoms with van der Waals surface area (Å²) in [6.45, 7) is 1.94. The average Bonchev–Trinajstić information content (AvgIpc) is 3.55. The second kappa shape index (κ2) is 10.7. The Hall–Kier alpha value is -4.35. The third kappa shape index (κ3) is 4.95. The molecule has 1 aromatic carbocycles. The summed E-state index contributed by atoms with van der Waals surface area (Å²) in [7, 11) is 2.98. The number of aromatic nitrogens is 1. The Morgan fingerprint density at radius 1 is 1.17 bits per heavy atom. The standard InChI is InChI=1S/C23H24N4O8/c1-4-32-23(29)17-10-14(35-27-17)9-15-16(11-25-26-22(28)13-5-7-24-8-6-13)19(31-3)21-20(18(15)30-2)33-12-34-21/h5-8,11,14H,4,9-10,12H2,1-3H3,(H,26,28)/b25-11+/t14-/m1/s1. The van der Waals surface area contributed by atoms with Crippen molar-refractivity contribution >= 4 is 23.8 Å². The first-order valence-corrected chi connectivity index (χ1v) is 10.8. The van der Waals surface area contributed by atoms with Crippen molar-refractivity contribution in [2.45, 2.75) is 25.9 Å². The van der Waals surface area contributed by atoms with Gasteiger partial charge in [-0.1, -0.05) is 5.16 Å². The Kier molecular flexibility index (Phi) is 7.29. The molecule has 0 bridgehead atoms. The first-order chi connectivity index (χ1) is 17.1. The fourth-order valence-corrected chi connectivity index (χ4v) is 3.72. The van der Waals surface area contributed by atoms with Gasteiger partial charge in [0, 0.05) is 41.9 Å². The molecule has 0 aliphatic carbocycles. The molecule has 2 aliphatic rings. The van der Waals surface area contributed by atoms with Gasteiger partial charge >= 0.3 is 5.97 Å². The summed E-state index contributed by atoms with van der Waals surface area (Å²) in [5, 5.41) is 7.98. The highest BCUT2D eigenvalue weighted by Crippen LogP contribution is 2.52. The number of ether oxygens (including phenoxy) is 5. The van der Waals surface area contributed by atoms with E-state index < -0.39 is 18.0 Å². The first kappa shape index (κ1) is 23.8. The van der Waals surface area contributed by atoms with Crippen LogP contribution >= 0.6 is 0 Å². The number of hydrogen-bond acceptors (Lipinski definition) is 11. The number of nitrogens with zero attached hydrogens (tertiary/aromatic N) is 3. The number of benzene rings is 1. The van der Waals surface area contributed by atoms with E-state index in [-0.39, 0.29) is 32.0 Å². The molecule has 0 spiro atoms. The largest absolute Gasteiger partial charge is 0.492 e. The van der Waals surface area contributed by atoms with Crippen LogP contribution in [0.3, 0.4) is 0 Å². The van der Waals surface area contributed by atoms with Gasteiger partial charge in [0.1, 0.15) is 6.10 Å². The van der Waals surface area contributed by atoms with Gasteiger partial charge in [-0.2, -0.15) is 5.10 Å². The van der Waals surface area contributed by atoms with E-state index in [0.29, 0.717) is 39.7 Å². The van der Waals surface area contributed by atoms with Crippen LogP contribution in [0.4, 0.5) is 0 Å². The molecule has 35 heavy (non-hydrogen) atoms. The molecule has 0 saturated heterocycles. The topological polar surface area (TPSA) is 139 Å². The van der Waals surface area contributed by atoms with Gasteiger partial charge in [-0.05, 0) is 19.1 Å². The highest BCUT2D eigenvalue weighted by Gasteiger charge is 2.34. The second-order valence-electron chi connectivity index (χ2n) is 7.35. The number of carbonyl (C=O) groups is 2. The van der Waals surface area contributed by atoms with Crippen LogP contribution < -0.4 is 24.4 Å². The lowest BCUT2D eigenvalue weighted by molar-refractivity contribution is -0.135. The number of fused-ring (bicyclic) bond motifs is 1. The van der Waals surface area contributed by atoms with Crippen LogP contribution in [-0.4, -0.2) is 62.5 Å². The Morgan fingerprint density at radius 3 is 2.57 bits per heavy atom. The van der Waals surface area contributed by atoms with Gasteiger partial charge in [0.25, 0.3) is 5.91 Å². The molecule has 1 N–H and O–H groups in total. The molecule has 12 nitrogen and oxygen atoms in total. The number of carbonyl (C=O) groups excluding carboxylic acids is 2. The number of esters is 1. The fourth-order valence-electron chi connectivity index (χ4n) is 3.72. The smallest absolute Gasteiger partial charge is 0.356 e. The van der Waals surface area contributed by atoms with E-state index in [9.17, 15) is 9.59 Å². The van der Waals surface area contributed by atoms with Gasteiger partial charge in [0.05, 0.1) is 27.0 Å². The zero-order valence-electron chi connectivity index (χ0n) is 19.4. The molecular weight excluding hydrogens is 460 g/mol. The quantitative estimate of drug-likeness (QED) is 0.321. The summed E-state index contributed by atoms with van der Waals surface area (Å²) in [5.74, 6) is 0.537. The van der Waals surface area contributed by atoms with Gasteiger partial charge in [0.15, 0.2) is 17.2 Å². The molecule has 3 heterocycles. The Bertz CT molecular complexity index is 1170. The maximum atomic E-state index is 12.4. The van der Waals surface area contributed by atoms with Crippen LogP contribution in [0.1, 0.15) is 34.8 Å². The molecule has 0 unspecified atom stereocenters. The monoisotopic (exact) mass is 484 g/mol. The van der Waals surface area contributed by atoms with Gasteiger partial charge in [-0.3, -0.25) is 9.78 Å². The van der Waals surface area contributed by atoms with Gasteiger partial charge in [0.2, 0.25) is 18.3 Å². The molecule has 1 atom stereocenters. The van der Waals surface area contributed by atoms with Crippen molar-refractivity contribution < 1.29 is 38.1 Å². The molecule has 12 heteroatoms. The molecule has 1 amide bonds. The number of methoxy groups -OCH3 is 2. The lowest BCUT2D eigenvalue weighted by atomic mass is 9.96. The Morgan fingerprint density at radius 2 is 1.89 bits per heavy atom. The summed E-state index contributed by atoms with van der Waals surface area (Å²) in [4.78, 5) is 33.8. The predicted molar refractivity (Wildman–Crippen MR) is 122 cm³/mol. The van der Waals surface area contributed by atoms with Crippen molar-refractivity contribution in [2.75, 3.05) is 27.6 Å². The summed E-state index contributed by atoms with van der Waals surface area (Å²) in [6.07, 6.45) is 4.48. The van der Waals surface area contributed by atoms with Crippen molar-refractivity contribution in [3.63, 3.8) is 0 Å². The summed E-state index contributed by atoms with van der Waals surface area (Å²) >= 11 is 0. The number of nitrogens with one attached hydrogen (secondary N) is 1. The second-order valence-corrected chi connectivity index (χ2v) is 7.35. The molecule has 0 saturated carbocycles. The summed E-state index contributed by atoms with van der Waals surface area (Å²) < 4.78 is 27.5. The fraction of sp³-hybridized carbons (Fsp3) is 0.348. The number of hydrazone groups is 1. The SMILES string of the molecule is CCOC(=O)C1=NO[C@H](Cc2c(/C=N/NC(=O)c3ccncc3)c(OC)c3c(c2OC)OCO3)C1. The van der Waals surface area contributed by atoms with Crippen molar-refractivity contribution in [1.29, 1.82) is 0 Å². The van der Waals surface area contributed by atoms with E-state index in [1.165, 1.54) is 32.8 Å². The lowest BCUT2D eigenvalue weighted by Gasteiger charge is -2.19. The lowest BCUT2D eigenvalue weighted by Crippen LogP contribution is -2.20. The maximum Gasteiger partial charge on any atom is 0.356 e. The van der Waals surface area contributed by atoms with Crippen LogP contribution in [0.5, 0.6) is 23.0 Å². The average molecular weight is 484 g/mol. The van der Waals surface area contributed by atoms with Crippen molar-refractivity contribution in [3.8, 4) is 23.0 Å². The summed E-state index contributed by atoms with van der Waals surface area (Å²) in [6, 6.07) is 3.14. The first-order valence-electron chi connectivity index (χ1n) is 10.8. The van der Waals surface area contributed by atoms with Gasteiger partial charge < -0.3 is 28.5 Å². The van der Waals surface area contributed by atoms with Crippen LogP contribution in [0.25, 0.3) is 0 Å². The zero-order valence-corrected chi connectivity index (χ0v) is 19.4. The highest BCUT2D eigenvalue weighted by atomic mass is 16.7. The van der Waals surface area contributed by atoms with Gasteiger partial charge in [-0.25, -0.2) is 10.2 Å². The Balaban J connectivity index is 1.64. The van der Waals surface area contributed by atoms with E-state index in [0.717, 1.165) is 0 Å². The molecule has 2 aromatic rings. The molecule has 0 radical (unpaired) electrons. The summed E-state index contributed by atoms with van der Waals surface area (Å²) in [5.41, 5.74) is 4.17. The van der Waals surface area contributed by atoms with E-state index in [4.69, 9.17) is 28.5 Å². The minimum absolute atomic E-state index is 0.0170. The van der Waals surface area contributed by atoms with E-state index >= 15 is 0 Å². The highest BCUT2D eigenvalue weighted by molar-refractivity contribution is 6.36. The maximum absolute atomic E-state index is 12.4. The predicted octanol–water partition coefficient (Wildman–Crippen LogP) is 1.84. The molecule has 2 aliphatic heterocycles. The number of oxime groups is 1. The number of pyridine rings is 1. The number of rotatable bonds is 9. The molecule has 4 rings (SSSR count). The third-order valence-corrected chi connectivity index (χ3v) is 5.26. The van der Waals surface area contributed by atoms with E-state index in [2.05, 4.69) is 20.7 Å². The minimum Gasteiger partial charge on any atom is -0.492 e. The van der Waals surface area contributed by atoms with Crippen molar-refractivity contribution in [2.24, 2.45) is 10.3 Å². The van der Waals surface area contributed by atoms with Crippen LogP contribution in [-0.2, 0) is 20.8 Å². The number of amides is 1. The molecule has 0 fully saturated rings. The molecular formula is C23H24N4O8. The zero-order chi connectivity index (χ0) is 24.8. The number of hydrogen-bond donors (Lipinski definition) is 1. The third-order valence-electron chi connectivity index (χ3n) is 5.26. The van der Waals surface area contributed by atoms with E-state index in [1.807, 2.05) is 0 Å². The minimum atomic E-state index is -0.522. The van der Waals surface area contributed by atoms with Crippen LogP contribution in [0, 0.1) is 0 Å². The Labute approximate surface area is 200 Å².